The summed E-state index contributed by atoms with van der Waals surface area (Å²) in [6.45, 7) is 4.60. The van der Waals surface area contributed by atoms with Crippen molar-refractivity contribution in [3.05, 3.63) is 29.7 Å². The van der Waals surface area contributed by atoms with Crippen LogP contribution in [0.2, 0.25) is 0 Å². The summed E-state index contributed by atoms with van der Waals surface area (Å²) < 4.78 is 43.7. The van der Waals surface area contributed by atoms with Gasteiger partial charge in [0, 0.05) is 32.7 Å². The van der Waals surface area contributed by atoms with Gasteiger partial charge in [0.2, 0.25) is 5.89 Å². The topological polar surface area (TPSA) is 52.7 Å². The summed E-state index contributed by atoms with van der Waals surface area (Å²) in [6, 6.07) is 3.33. The summed E-state index contributed by atoms with van der Waals surface area (Å²) >= 11 is 0. The number of hydrogen-bond acceptors (Lipinski definition) is 5. The molecule has 23 heavy (non-hydrogen) atoms. The van der Waals surface area contributed by atoms with Crippen LogP contribution in [0, 0.1) is 0 Å². The third-order valence-corrected chi connectivity index (χ3v) is 4.00. The molecular weight excluding hydrogens is 311 g/mol. The first kappa shape index (κ1) is 16.2. The highest BCUT2D eigenvalue weighted by Crippen LogP contribution is 2.31. The summed E-state index contributed by atoms with van der Waals surface area (Å²) in [6.07, 6.45) is -4.38. The number of fused-ring (bicyclic) bond motifs is 1. The number of aromatic nitrogens is 1. The second-order valence-electron chi connectivity index (χ2n) is 5.63. The van der Waals surface area contributed by atoms with Crippen LogP contribution in [-0.4, -0.2) is 59.2 Å². The van der Waals surface area contributed by atoms with Crippen LogP contribution in [0.1, 0.15) is 11.5 Å². The Kier molecular flexibility index (Phi) is 4.56. The van der Waals surface area contributed by atoms with Crippen molar-refractivity contribution >= 4 is 11.1 Å². The lowest BCUT2D eigenvalue weighted by Gasteiger charge is -2.33. The van der Waals surface area contributed by atoms with Gasteiger partial charge in [-0.3, -0.25) is 9.80 Å². The Morgan fingerprint density at radius 2 is 1.83 bits per heavy atom. The van der Waals surface area contributed by atoms with Crippen molar-refractivity contribution in [2.45, 2.75) is 12.7 Å². The third kappa shape index (κ3) is 3.82. The fourth-order valence-electron chi connectivity index (χ4n) is 2.72. The van der Waals surface area contributed by atoms with Crippen LogP contribution in [0.5, 0.6) is 0 Å². The number of benzene rings is 1. The van der Waals surface area contributed by atoms with Crippen molar-refractivity contribution in [2.24, 2.45) is 0 Å². The molecule has 0 bridgehead atoms. The van der Waals surface area contributed by atoms with Crippen LogP contribution < -0.4 is 0 Å². The Bertz CT molecular complexity index is 664. The highest BCUT2D eigenvalue weighted by atomic mass is 19.4. The third-order valence-electron chi connectivity index (χ3n) is 4.00. The van der Waals surface area contributed by atoms with Crippen LogP contribution in [0.3, 0.4) is 0 Å². The molecule has 2 aromatic rings. The van der Waals surface area contributed by atoms with Crippen LogP contribution in [0.4, 0.5) is 13.2 Å². The molecular formula is C15H18F3N3O2. The van der Waals surface area contributed by atoms with Crippen molar-refractivity contribution in [1.29, 1.82) is 0 Å². The fourth-order valence-corrected chi connectivity index (χ4v) is 2.72. The molecule has 1 fully saturated rings. The number of halogens is 3. The van der Waals surface area contributed by atoms with E-state index in [4.69, 9.17) is 9.52 Å². The van der Waals surface area contributed by atoms with Gasteiger partial charge in [-0.15, -0.1) is 0 Å². The number of oxazole rings is 1. The summed E-state index contributed by atoms with van der Waals surface area (Å²) in [7, 11) is 0. The van der Waals surface area contributed by atoms with E-state index < -0.39 is 11.7 Å². The molecule has 1 saturated heterocycles. The predicted octanol–water partition coefficient (Wildman–Crippen LogP) is 1.96. The number of rotatable bonds is 4. The van der Waals surface area contributed by atoms with E-state index in [9.17, 15) is 13.2 Å². The molecule has 0 saturated carbocycles. The minimum Gasteiger partial charge on any atom is -0.439 e. The second-order valence-corrected chi connectivity index (χ2v) is 5.63. The molecule has 1 aromatic carbocycles. The molecule has 5 nitrogen and oxygen atoms in total. The highest BCUT2D eigenvalue weighted by molar-refractivity contribution is 5.73. The van der Waals surface area contributed by atoms with Gasteiger partial charge < -0.3 is 9.52 Å². The largest absolute Gasteiger partial charge is 0.439 e. The Labute approximate surface area is 131 Å². The first-order chi connectivity index (χ1) is 11.0. The quantitative estimate of drug-likeness (QED) is 0.929. The maximum absolute atomic E-state index is 12.7. The molecule has 1 N–H and O–H groups in total. The lowest BCUT2D eigenvalue weighted by atomic mass is 10.2. The second kappa shape index (κ2) is 6.46. The van der Waals surface area contributed by atoms with E-state index in [1.165, 1.54) is 6.07 Å². The number of aliphatic hydroxyl groups is 1. The minimum absolute atomic E-state index is 0.146. The molecule has 126 valence electrons. The normalized spacial score (nSPS) is 17.9. The maximum atomic E-state index is 12.7. The lowest BCUT2D eigenvalue weighted by Crippen LogP contribution is -2.46. The molecule has 1 aliphatic heterocycles. The lowest BCUT2D eigenvalue weighted by molar-refractivity contribution is -0.137. The maximum Gasteiger partial charge on any atom is 0.416 e. The summed E-state index contributed by atoms with van der Waals surface area (Å²) in [5, 5.41) is 8.92. The molecule has 2 heterocycles. The zero-order valence-corrected chi connectivity index (χ0v) is 12.5. The van der Waals surface area contributed by atoms with Gasteiger partial charge in [0.1, 0.15) is 5.52 Å². The molecule has 1 aliphatic rings. The number of alkyl halides is 3. The average Bonchev–Trinajstić information content (AvgIpc) is 2.90. The minimum atomic E-state index is -4.38. The predicted molar refractivity (Wildman–Crippen MR) is 77.8 cm³/mol. The van der Waals surface area contributed by atoms with E-state index in [1.54, 1.807) is 0 Å². The first-order valence-corrected chi connectivity index (χ1v) is 7.48. The Balaban J connectivity index is 1.67. The molecule has 0 radical (unpaired) electrons. The van der Waals surface area contributed by atoms with Crippen molar-refractivity contribution in [3.8, 4) is 0 Å². The van der Waals surface area contributed by atoms with Gasteiger partial charge in [-0.1, -0.05) is 0 Å². The van der Waals surface area contributed by atoms with Crippen molar-refractivity contribution in [1.82, 2.24) is 14.8 Å². The molecule has 0 spiro atoms. The van der Waals surface area contributed by atoms with Gasteiger partial charge in [0.25, 0.3) is 0 Å². The molecule has 0 amide bonds. The van der Waals surface area contributed by atoms with E-state index in [2.05, 4.69) is 14.8 Å². The van der Waals surface area contributed by atoms with Gasteiger partial charge in [-0.2, -0.15) is 13.2 Å². The zero-order chi connectivity index (χ0) is 16.4. The van der Waals surface area contributed by atoms with E-state index >= 15 is 0 Å². The molecule has 0 aliphatic carbocycles. The van der Waals surface area contributed by atoms with Crippen molar-refractivity contribution < 1.29 is 22.7 Å². The van der Waals surface area contributed by atoms with Gasteiger partial charge in [0.05, 0.1) is 18.7 Å². The monoisotopic (exact) mass is 329 g/mol. The average molecular weight is 329 g/mol. The number of β-amino-alcohol motifs (C(OH)–C–C–N with tert-alkyl or cyclic N) is 1. The standard InChI is InChI=1S/C15H18F3N3O2/c16-15(17,18)11-1-2-13-12(9-11)19-14(23-13)10-21-5-3-20(4-6-21)7-8-22/h1-2,9,22H,3-8,10H2. The van der Waals surface area contributed by atoms with Gasteiger partial charge >= 0.3 is 6.18 Å². The summed E-state index contributed by atoms with van der Waals surface area (Å²) in [5.74, 6) is 0.426. The smallest absolute Gasteiger partial charge is 0.416 e. The van der Waals surface area contributed by atoms with Crippen LogP contribution in [0.25, 0.3) is 11.1 Å². The van der Waals surface area contributed by atoms with E-state index in [0.717, 1.165) is 38.3 Å². The first-order valence-electron chi connectivity index (χ1n) is 7.48. The Hall–Kier alpha value is -1.64. The van der Waals surface area contributed by atoms with E-state index in [-0.39, 0.29) is 12.1 Å². The Morgan fingerprint density at radius 3 is 2.48 bits per heavy atom. The SMILES string of the molecule is OCCN1CCN(Cc2nc3cc(C(F)(F)F)ccc3o2)CC1. The van der Waals surface area contributed by atoms with Gasteiger partial charge in [0.15, 0.2) is 5.58 Å². The number of nitrogens with zero attached hydrogens (tertiary/aromatic N) is 3. The highest BCUT2D eigenvalue weighted by Gasteiger charge is 2.31. The molecule has 1 aromatic heterocycles. The molecule has 0 unspecified atom stereocenters. The summed E-state index contributed by atoms with van der Waals surface area (Å²) in [5.41, 5.74) is -0.122. The van der Waals surface area contributed by atoms with Crippen molar-refractivity contribution in [3.63, 3.8) is 0 Å². The van der Waals surface area contributed by atoms with E-state index in [1.807, 2.05) is 0 Å². The van der Waals surface area contributed by atoms with Crippen LogP contribution in [-0.2, 0) is 12.7 Å². The Morgan fingerprint density at radius 1 is 1.13 bits per heavy atom. The molecule has 8 heteroatoms. The van der Waals surface area contributed by atoms with Gasteiger partial charge in [-0.25, -0.2) is 4.98 Å². The van der Waals surface area contributed by atoms with Gasteiger partial charge in [-0.05, 0) is 18.2 Å². The number of piperazine rings is 1. The van der Waals surface area contributed by atoms with Crippen LogP contribution >= 0.6 is 0 Å². The number of aliphatic hydroxyl groups excluding tert-OH is 1. The van der Waals surface area contributed by atoms with E-state index in [0.29, 0.717) is 24.6 Å². The van der Waals surface area contributed by atoms with Crippen LogP contribution in [0.15, 0.2) is 22.6 Å². The number of hydrogen-bond donors (Lipinski definition) is 1. The summed E-state index contributed by atoms with van der Waals surface area (Å²) in [4.78, 5) is 8.48. The van der Waals surface area contributed by atoms with Crippen molar-refractivity contribution in [2.75, 3.05) is 39.3 Å². The fraction of sp³-hybridized carbons (Fsp3) is 0.533. The zero-order valence-electron chi connectivity index (χ0n) is 12.5. The molecule has 0 atom stereocenters. The molecule has 3 rings (SSSR count).